The van der Waals surface area contributed by atoms with E-state index in [0.717, 1.165) is 11.1 Å². The first-order valence-corrected chi connectivity index (χ1v) is 10.7. The van der Waals surface area contributed by atoms with Crippen molar-refractivity contribution >= 4 is 23.5 Å². The Morgan fingerprint density at radius 1 is 1.19 bits per heavy atom. The van der Waals surface area contributed by atoms with Crippen LogP contribution in [-0.4, -0.2) is 60.0 Å². The molecule has 9 heteroatoms. The maximum Gasteiger partial charge on any atom is 0.358 e. The minimum atomic E-state index is -1.25. The molecule has 1 aliphatic rings. The molecule has 0 unspecified atom stereocenters. The van der Waals surface area contributed by atoms with Crippen molar-refractivity contribution in [3.8, 4) is 0 Å². The molecule has 0 spiro atoms. The summed E-state index contributed by atoms with van der Waals surface area (Å²) in [6, 6.07) is 7.18. The van der Waals surface area contributed by atoms with Crippen LogP contribution in [0.5, 0.6) is 0 Å². The number of carbonyl (C=O) groups excluding carboxylic acids is 3. The highest BCUT2D eigenvalue weighted by Crippen LogP contribution is 2.34. The second kappa shape index (κ2) is 9.52. The van der Waals surface area contributed by atoms with Crippen molar-refractivity contribution in [1.82, 2.24) is 15.1 Å². The van der Waals surface area contributed by atoms with E-state index in [2.05, 4.69) is 10.4 Å². The Labute approximate surface area is 187 Å². The van der Waals surface area contributed by atoms with E-state index in [0.29, 0.717) is 25.3 Å². The summed E-state index contributed by atoms with van der Waals surface area (Å²) < 4.78 is 11.5. The van der Waals surface area contributed by atoms with Crippen LogP contribution in [0.25, 0.3) is 0 Å². The molecular formula is C23H30N4O5. The molecule has 1 aromatic heterocycles. The number of nitrogens with one attached hydrogen (secondary N) is 1. The van der Waals surface area contributed by atoms with E-state index in [1.807, 2.05) is 32.0 Å². The molecule has 2 amide bonds. The molecule has 2 heterocycles. The topological polar surface area (TPSA) is 103 Å². The zero-order chi connectivity index (χ0) is 23.5. The lowest BCUT2D eigenvalue weighted by Crippen LogP contribution is -2.64. The lowest BCUT2D eigenvalue weighted by atomic mass is 9.93. The third-order valence-corrected chi connectivity index (χ3v) is 5.40. The summed E-state index contributed by atoms with van der Waals surface area (Å²) in [4.78, 5) is 40.7. The van der Waals surface area contributed by atoms with Crippen LogP contribution in [-0.2, 0) is 20.8 Å². The van der Waals surface area contributed by atoms with Gasteiger partial charge >= 0.3 is 5.97 Å². The van der Waals surface area contributed by atoms with Crippen LogP contribution in [0, 0.1) is 13.8 Å². The Bertz CT molecular complexity index is 1010. The van der Waals surface area contributed by atoms with Gasteiger partial charge in [0.2, 0.25) is 5.91 Å². The molecule has 1 N–H and O–H groups in total. The molecule has 2 aromatic rings. The fraction of sp³-hybridized carbons (Fsp3) is 0.478. The van der Waals surface area contributed by atoms with Crippen LogP contribution >= 0.6 is 0 Å². The van der Waals surface area contributed by atoms with Crippen molar-refractivity contribution in [1.29, 1.82) is 0 Å². The van der Waals surface area contributed by atoms with Crippen molar-refractivity contribution in [2.24, 2.45) is 0 Å². The van der Waals surface area contributed by atoms with Crippen LogP contribution < -0.4 is 10.2 Å². The Morgan fingerprint density at radius 3 is 2.50 bits per heavy atom. The van der Waals surface area contributed by atoms with Gasteiger partial charge in [-0.3, -0.25) is 19.2 Å². The number of aromatic nitrogens is 2. The molecule has 0 radical (unpaired) electrons. The van der Waals surface area contributed by atoms with Gasteiger partial charge in [0.05, 0.1) is 13.2 Å². The van der Waals surface area contributed by atoms with Crippen LogP contribution in [0.4, 0.5) is 5.69 Å². The summed E-state index contributed by atoms with van der Waals surface area (Å²) in [5, 5.41) is 7.18. The molecule has 0 saturated carbocycles. The van der Waals surface area contributed by atoms with Crippen LogP contribution in [0.15, 0.2) is 24.3 Å². The van der Waals surface area contributed by atoms with Crippen LogP contribution in [0.1, 0.15) is 52.4 Å². The van der Waals surface area contributed by atoms with E-state index >= 15 is 0 Å². The number of anilines is 1. The van der Waals surface area contributed by atoms with Gasteiger partial charge in [-0.1, -0.05) is 6.07 Å². The van der Waals surface area contributed by atoms with Crippen molar-refractivity contribution in [3.63, 3.8) is 0 Å². The first kappa shape index (κ1) is 23.5. The van der Waals surface area contributed by atoms with Crippen molar-refractivity contribution < 1.29 is 23.9 Å². The summed E-state index contributed by atoms with van der Waals surface area (Å²) in [7, 11) is 1.60. The van der Waals surface area contributed by atoms with Crippen molar-refractivity contribution in [2.45, 2.75) is 46.2 Å². The number of benzene rings is 1. The maximum absolute atomic E-state index is 13.6. The second-order valence-corrected chi connectivity index (χ2v) is 8.16. The lowest BCUT2D eigenvalue weighted by molar-refractivity contribution is -0.126. The van der Waals surface area contributed by atoms with Gasteiger partial charge in [-0.15, -0.1) is 0 Å². The Balaban J connectivity index is 2.05. The third kappa shape index (κ3) is 4.52. The number of amides is 2. The number of ether oxygens (including phenoxy) is 2. The normalized spacial score (nSPS) is 17.8. The Hall–Kier alpha value is -3.20. The molecular weight excluding hydrogens is 412 g/mol. The van der Waals surface area contributed by atoms with E-state index in [9.17, 15) is 14.4 Å². The van der Waals surface area contributed by atoms with E-state index in [1.165, 1.54) is 15.6 Å². The monoisotopic (exact) mass is 442 g/mol. The average molecular weight is 443 g/mol. The van der Waals surface area contributed by atoms with E-state index in [-0.39, 0.29) is 30.4 Å². The van der Waals surface area contributed by atoms with Crippen molar-refractivity contribution in [2.75, 3.05) is 31.8 Å². The number of nitrogens with zero attached hydrogens (tertiary/aromatic N) is 3. The molecule has 32 heavy (non-hydrogen) atoms. The molecule has 0 saturated heterocycles. The molecule has 9 nitrogen and oxygen atoms in total. The Kier molecular flexibility index (Phi) is 6.98. The molecule has 172 valence electrons. The smallest absolute Gasteiger partial charge is 0.358 e. The minimum absolute atomic E-state index is 0.0420. The van der Waals surface area contributed by atoms with Gasteiger partial charge < -0.3 is 14.8 Å². The number of fused-ring (bicyclic) bond motifs is 1. The molecule has 3 rings (SSSR count). The highest BCUT2D eigenvalue weighted by molar-refractivity contribution is 6.12. The summed E-state index contributed by atoms with van der Waals surface area (Å²) in [6.07, 6.45) is 0.649. The number of hydrogen-bond donors (Lipinski definition) is 1. The highest BCUT2D eigenvalue weighted by atomic mass is 16.5. The Morgan fingerprint density at radius 2 is 1.88 bits per heavy atom. The quantitative estimate of drug-likeness (QED) is 0.497. The molecule has 1 atom stereocenters. The summed E-state index contributed by atoms with van der Waals surface area (Å²) in [6.45, 7) is 8.52. The third-order valence-electron chi connectivity index (χ3n) is 5.40. The second-order valence-electron chi connectivity index (χ2n) is 8.16. The molecule has 0 fully saturated rings. The number of rotatable bonds is 8. The predicted molar refractivity (Wildman–Crippen MR) is 119 cm³/mol. The predicted octanol–water partition coefficient (Wildman–Crippen LogP) is 2.25. The standard InChI is InChI=1S/C23H30N4O5/c1-6-32-21(29)18-13-19-20(28)27(17-11-15(2)10-16(3)12-17)23(4,14-26(19)25-18)22(30)24-8-7-9-31-5/h10-13H,6-9,14H2,1-5H3,(H,24,30)/t23-/m1/s1. The number of hydrogen-bond acceptors (Lipinski definition) is 6. The average Bonchev–Trinajstić information content (AvgIpc) is 3.14. The van der Waals surface area contributed by atoms with Crippen molar-refractivity contribution in [3.05, 3.63) is 46.8 Å². The molecule has 0 aliphatic carbocycles. The van der Waals surface area contributed by atoms with Gasteiger partial charge in [-0.2, -0.15) is 5.10 Å². The summed E-state index contributed by atoms with van der Waals surface area (Å²) >= 11 is 0. The fourth-order valence-corrected chi connectivity index (χ4v) is 3.98. The first-order chi connectivity index (χ1) is 15.2. The molecule has 1 aromatic carbocycles. The summed E-state index contributed by atoms with van der Waals surface area (Å²) in [5.74, 6) is -1.32. The zero-order valence-electron chi connectivity index (χ0n) is 19.2. The lowest BCUT2D eigenvalue weighted by Gasteiger charge is -2.43. The van der Waals surface area contributed by atoms with Gasteiger partial charge in [0, 0.05) is 32.0 Å². The van der Waals surface area contributed by atoms with Gasteiger partial charge in [-0.05, 0) is 57.4 Å². The molecule has 1 aliphatic heterocycles. The molecule has 0 bridgehead atoms. The summed E-state index contributed by atoms with van der Waals surface area (Å²) in [5.41, 5.74) is 1.59. The van der Waals surface area contributed by atoms with E-state index in [4.69, 9.17) is 9.47 Å². The number of esters is 1. The van der Waals surface area contributed by atoms with Gasteiger partial charge in [-0.25, -0.2) is 4.79 Å². The zero-order valence-corrected chi connectivity index (χ0v) is 19.2. The SMILES string of the molecule is CCOC(=O)c1cc2n(n1)C[C@](C)(C(=O)NCCCOC)N(c1cc(C)cc(C)c1)C2=O. The number of aryl methyl sites for hydroxylation is 2. The fourth-order valence-electron chi connectivity index (χ4n) is 3.98. The highest BCUT2D eigenvalue weighted by Gasteiger charge is 2.49. The minimum Gasteiger partial charge on any atom is -0.461 e. The largest absolute Gasteiger partial charge is 0.461 e. The number of methoxy groups -OCH3 is 1. The van der Waals surface area contributed by atoms with E-state index in [1.54, 1.807) is 21.0 Å². The number of carbonyl (C=O) groups is 3. The van der Waals surface area contributed by atoms with Gasteiger partial charge in [0.1, 0.15) is 11.2 Å². The van der Waals surface area contributed by atoms with E-state index < -0.39 is 17.4 Å². The van der Waals surface area contributed by atoms with Crippen LogP contribution in [0.2, 0.25) is 0 Å². The van der Waals surface area contributed by atoms with Crippen LogP contribution in [0.3, 0.4) is 0 Å². The first-order valence-electron chi connectivity index (χ1n) is 10.7. The van der Waals surface area contributed by atoms with Gasteiger partial charge in [0.15, 0.2) is 5.69 Å². The van der Waals surface area contributed by atoms with Gasteiger partial charge in [0.25, 0.3) is 5.91 Å². The maximum atomic E-state index is 13.6.